The zero-order chi connectivity index (χ0) is 20.4. The van der Waals surface area contributed by atoms with Gasteiger partial charge in [-0.25, -0.2) is 35.6 Å². The Kier molecular flexibility index (Phi) is 4.32. The van der Waals surface area contributed by atoms with Gasteiger partial charge >= 0.3 is 11.6 Å². The molecular formula is C14H6F10N2O. The van der Waals surface area contributed by atoms with Crippen molar-refractivity contribution in [1.29, 1.82) is 0 Å². The molecule has 4 atom stereocenters. The largest absolute Gasteiger partial charge is 0.317 e. The molecule has 0 saturated carbocycles. The molecule has 0 aromatic heterocycles. The predicted molar refractivity (Wildman–Crippen MR) is 67.3 cm³/mol. The van der Waals surface area contributed by atoms with Crippen molar-refractivity contribution >= 4 is 0 Å². The molecule has 0 bridgehead atoms. The van der Waals surface area contributed by atoms with Crippen LogP contribution in [-0.2, 0) is 10.7 Å². The van der Waals surface area contributed by atoms with Crippen LogP contribution in [0.1, 0.15) is 5.56 Å². The Labute approximate surface area is 143 Å². The number of rotatable bonds is 2. The summed E-state index contributed by atoms with van der Waals surface area (Å²) in [6.45, 7) is 0. The van der Waals surface area contributed by atoms with Crippen LogP contribution in [0.4, 0.5) is 44.1 Å². The van der Waals surface area contributed by atoms with Gasteiger partial charge in [-0.2, -0.15) is 4.39 Å². The summed E-state index contributed by atoms with van der Waals surface area (Å²) in [5, 5.41) is -4.12. The molecule has 0 N–H and O–H groups in total. The SMILES string of the molecule is FC1=C(F)C(F)C(F)(C2(F)N(F)N(F)OC2(F)c2ccccc2)C(F)=C1F. The third-order valence-corrected chi connectivity index (χ3v) is 4.13. The van der Waals surface area contributed by atoms with Gasteiger partial charge < -0.3 is 0 Å². The lowest BCUT2D eigenvalue weighted by Crippen LogP contribution is -2.67. The summed E-state index contributed by atoms with van der Waals surface area (Å²) >= 11 is 0. The van der Waals surface area contributed by atoms with Gasteiger partial charge in [-0.1, -0.05) is 34.8 Å². The molecule has 0 amide bonds. The van der Waals surface area contributed by atoms with Crippen molar-refractivity contribution in [3.8, 4) is 0 Å². The molecule has 1 aromatic rings. The quantitative estimate of drug-likeness (QED) is 0.386. The van der Waals surface area contributed by atoms with E-state index in [9.17, 15) is 30.9 Å². The van der Waals surface area contributed by atoms with Crippen molar-refractivity contribution in [3.63, 3.8) is 0 Å². The standard InChI is InChI=1S/C14H6F10N2O/c15-7-8(16)10(18)12(20,11(19)9(7)17)14(22)13(21,27-26(24)25(14)23)6-4-2-1-3-5-6/h1-5,10H. The number of nitrogens with zero attached hydrogens (tertiary/aromatic N) is 2. The van der Waals surface area contributed by atoms with E-state index >= 15 is 13.2 Å². The Morgan fingerprint density at radius 1 is 0.889 bits per heavy atom. The summed E-state index contributed by atoms with van der Waals surface area (Å²) in [6.07, 6.45) is -4.44. The van der Waals surface area contributed by atoms with Gasteiger partial charge in [0.05, 0.1) is 5.39 Å². The van der Waals surface area contributed by atoms with E-state index in [2.05, 4.69) is 4.84 Å². The molecule has 4 unspecified atom stereocenters. The van der Waals surface area contributed by atoms with E-state index < -0.39 is 63.0 Å². The molecule has 27 heavy (non-hydrogen) atoms. The first-order chi connectivity index (χ1) is 12.4. The van der Waals surface area contributed by atoms with Gasteiger partial charge in [0, 0.05) is 10.8 Å². The molecule has 13 heteroatoms. The minimum atomic E-state index is -5.57. The molecule has 0 radical (unpaired) electrons. The fraction of sp³-hybridized carbons (Fsp3) is 0.286. The van der Waals surface area contributed by atoms with Crippen LogP contribution in [-0.4, -0.2) is 28.3 Å². The maximum Gasteiger partial charge on any atom is 0.317 e. The second kappa shape index (κ2) is 5.94. The number of alkyl halides is 4. The van der Waals surface area contributed by atoms with Gasteiger partial charge in [-0.05, 0) is 0 Å². The highest BCUT2D eigenvalue weighted by Gasteiger charge is 2.85. The first-order valence-electron chi connectivity index (χ1n) is 6.93. The normalized spacial score (nSPS) is 38.8. The second-order valence-electron chi connectivity index (χ2n) is 5.53. The topological polar surface area (TPSA) is 15.7 Å². The number of halogens is 10. The zero-order valence-electron chi connectivity index (χ0n) is 12.5. The number of allylic oxidation sites excluding steroid dienone is 3. The van der Waals surface area contributed by atoms with Crippen LogP contribution in [0.3, 0.4) is 0 Å². The van der Waals surface area contributed by atoms with Gasteiger partial charge in [0.25, 0.3) is 5.67 Å². The Morgan fingerprint density at radius 3 is 2.00 bits per heavy atom. The lowest BCUT2D eigenvalue weighted by Gasteiger charge is -2.42. The van der Waals surface area contributed by atoms with Crippen LogP contribution in [0.5, 0.6) is 0 Å². The molecule has 1 heterocycles. The molecule has 2 aliphatic rings. The van der Waals surface area contributed by atoms with Crippen LogP contribution < -0.4 is 0 Å². The van der Waals surface area contributed by atoms with Crippen LogP contribution in [0.15, 0.2) is 53.6 Å². The molecule has 1 aromatic carbocycles. The third kappa shape index (κ3) is 2.15. The Hall–Kier alpha value is -2.12. The highest BCUT2D eigenvalue weighted by atomic mass is 19.3. The minimum absolute atomic E-state index is 0.575. The van der Waals surface area contributed by atoms with Crippen molar-refractivity contribution in [1.82, 2.24) is 10.6 Å². The molecule has 148 valence electrons. The fourth-order valence-electron chi connectivity index (χ4n) is 2.76. The minimum Gasteiger partial charge on any atom is -0.235 e. The molecule has 1 fully saturated rings. The Balaban J connectivity index is 2.32. The average Bonchev–Trinajstić information content (AvgIpc) is 2.85. The van der Waals surface area contributed by atoms with E-state index in [-0.39, 0.29) is 0 Å². The van der Waals surface area contributed by atoms with Gasteiger partial charge in [-0.3, -0.25) is 0 Å². The highest BCUT2D eigenvalue weighted by Crippen LogP contribution is 2.62. The van der Waals surface area contributed by atoms with Crippen molar-refractivity contribution in [2.24, 2.45) is 0 Å². The number of hydrogen-bond donors (Lipinski definition) is 0. The van der Waals surface area contributed by atoms with Crippen LogP contribution in [0.2, 0.25) is 0 Å². The maximum atomic E-state index is 15.3. The second-order valence-corrected chi connectivity index (χ2v) is 5.53. The molecule has 1 aliphatic heterocycles. The van der Waals surface area contributed by atoms with Crippen LogP contribution in [0.25, 0.3) is 0 Å². The first-order valence-corrected chi connectivity index (χ1v) is 6.93. The monoisotopic (exact) mass is 408 g/mol. The van der Waals surface area contributed by atoms with E-state index in [4.69, 9.17) is 0 Å². The lowest BCUT2D eigenvalue weighted by molar-refractivity contribution is -0.430. The highest BCUT2D eigenvalue weighted by molar-refractivity contribution is 5.44. The van der Waals surface area contributed by atoms with E-state index in [1.165, 1.54) is 6.07 Å². The van der Waals surface area contributed by atoms with E-state index in [1.807, 2.05) is 0 Å². The third-order valence-electron chi connectivity index (χ3n) is 4.13. The number of hydrazine groups is 1. The van der Waals surface area contributed by atoms with Crippen LogP contribution in [0, 0.1) is 0 Å². The van der Waals surface area contributed by atoms with Crippen molar-refractivity contribution < 1.29 is 48.9 Å². The Bertz CT molecular complexity index is 834. The molecule has 0 spiro atoms. The summed E-state index contributed by atoms with van der Waals surface area (Å²) < 4.78 is 141. The molecule has 3 nitrogen and oxygen atoms in total. The molecule has 1 saturated heterocycles. The van der Waals surface area contributed by atoms with E-state index in [0.717, 1.165) is 12.1 Å². The van der Waals surface area contributed by atoms with Gasteiger partial charge in [0.1, 0.15) is 0 Å². The zero-order valence-corrected chi connectivity index (χ0v) is 12.5. The van der Waals surface area contributed by atoms with E-state index in [0.29, 0.717) is 12.1 Å². The fourth-order valence-corrected chi connectivity index (χ4v) is 2.76. The van der Waals surface area contributed by atoms with Gasteiger partial charge in [-0.15, -0.1) is 4.48 Å². The predicted octanol–water partition coefficient (Wildman–Crippen LogP) is 5.07. The first kappa shape index (κ1) is 19.6. The van der Waals surface area contributed by atoms with E-state index in [1.54, 1.807) is 0 Å². The Morgan fingerprint density at radius 2 is 1.44 bits per heavy atom. The molecular weight excluding hydrogens is 402 g/mol. The summed E-state index contributed by atoms with van der Waals surface area (Å²) in [7, 11) is 0. The molecule has 3 rings (SSSR count). The summed E-state index contributed by atoms with van der Waals surface area (Å²) in [6, 6.07) is 4.21. The van der Waals surface area contributed by atoms with Crippen molar-refractivity contribution in [3.05, 3.63) is 59.2 Å². The van der Waals surface area contributed by atoms with Gasteiger partial charge in [0.15, 0.2) is 29.5 Å². The van der Waals surface area contributed by atoms with Gasteiger partial charge in [0.2, 0.25) is 0 Å². The smallest absolute Gasteiger partial charge is 0.235 e. The molecule has 1 aliphatic carbocycles. The lowest BCUT2D eigenvalue weighted by atomic mass is 9.77. The average molecular weight is 408 g/mol. The van der Waals surface area contributed by atoms with Crippen LogP contribution >= 0.6 is 0 Å². The van der Waals surface area contributed by atoms with Crippen molar-refractivity contribution in [2.45, 2.75) is 23.5 Å². The number of benzene rings is 1. The maximum absolute atomic E-state index is 15.3. The summed E-state index contributed by atoms with van der Waals surface area (Å²) in [4.78, 5) is 3.60. The summed E-state index contributed by atoms with van der Waals surface area (Å²) in [5.74, 6) is -22.6. The number of hydrogen-bond acceptors (Lipinski definition) is 3. The summed E-state index contributed by atoms with van der Waals surface area (Å²) in [5.41, 5.74) is -6.79. The van der Waals surface area contributed by atoms with Crippen molar-refractivity contribution in [2.75, 3.05) is 0 Å².